The number of carbonyl (C=O) groups excluding carboxylic acids is 1. The summed E-state index contributed by atoms with van der Waals surface area (Å²) < 4.78 is 5.22. The third kappa shape index (κ3) is 11.7. The maximum absolute atomic E-state index is 10.3. The zero-order valence-electron chi connectivity index (χ0n) is 8.17. The summed E-state index contributed by atoms with van der Waals surface area (Å²) in [4.78, 5) is 10.3. The molecule has 0 aromatic carbocycles. The summed E-state index contributed by atoms with van der Waals surface area (Å²) in [6, 6.07) is 0.487. The Bertz CT molecular complexity index is 142. The molecule has 0 bridgehead atoms. The fraction of sp³-hybridized carbons (Fsp3) is 0.875. The maximum atomic E-state index is 10.3. The first-order valence-corrected chi connectivity index (χ1v) is 4.85. The van der Waals surface area contributed by atoms with E-state index in [9.17, 15) is 4.79 Å². The van der Waals surface area contributed by atoms with Gasteiger partial charge in [-0.1, -0.05) is 26.5 Å². The Morgan fingerprint density at radius 3 is 2.54 bits per heavy atom. The molecule has 0 heterocycles. The van der Waals surface area contributed by atoms with E-state index in [1.54, 1.807) is 0 Å². The number of ether oxygens (including phenoxy) is 1. The van der Waals surface area contributed by atoms with Crippen molar-refractivity contribution in [3.63, 3.8) is 0 Å². The fourth-order valence-corrected chi connectivity index (χ4v) is 0.864. The molecule has 0 aliphatic rings. The van der Waals surface area contributed by atoms with Crippen molar-refractivity contribution in [2.75, 3.05) is 26.3 Å². The summed E-state index contributed by atoms with van der Waals surface area (Å²) in [5, 5.41) is 5.43. The van der Waals surface area contributed by atoms with Crippen molar-refractivity contribution in [3.05, 3.63) is 0 Å². The molecule has 0 aliphatic heterocycles. The zero-order valence-corrected chi connectivity index (χ0v) is 9.06. The minimum Gasteiger partial charge on any atom is -0.378 e. The van der Waals surface area contributed by atoms with Crippen LogP contribution in [0.3, 0.4) is 0 Å². The lowest BCUT2D eigenvalue weighted by Crippen LogP contribution is -2.28. The van der Waals surface area contributed by atoms with E-state index in [-0.39, 0.29) is 5.24 Å². The van der Waals surface area contributed by atoms with Crippen LogP contribution in [-0.4, -0.2) is 37.6 Å². The first-order chi connectivity index (χ1) is 6.13. The van der Waals surface area contributed by atoms with Crippen LogP contribution in [0.5, 0.6) is 0 Å². The Morgan fingerprint density at radius 2 is 2.00 bits per heavy atom. The Labute approximate surface area is 84.8 Å². The van der Waals surface area contributed by atoms with E-state index >= 15 is 0 Å². The molecule has 5 heteroatoms. The van der Waals surface area contributed by atoms with Crippen molar-refractivity contribution in [2.24, 2.45) is 0 Å². The Kier molecular flexibility index (Phi) is 8.18. The lowest BCUT2D eigenvalue weighted by Gasteiger charge is -2.08. The lowest BCUT2D eigenvalue weighted by atomic mass is 10.4. The standard InChI is InChI=1S/C8H18N2O2S/c1-7(2)9-3-5-12-6-4-10-8(11)13/h7,9H,3-6H2,1-2H3,(H2,10,11,13). The molecule has 0 radical (unpaired) electrons. The van der Waals surface area contributed by atoms with Crippen LogP contribution in [0.25, 0.3) is 0 Å². The number of carbonyl (C=O) groups is 1. The van der Waals surface area contributed by atoms with E-state index in [1.807, 2.05) is 0 Å². The molecular weight excluding hydrogens is 188 g/mol. The quantitative estimate of drug-likeness (QED) is 0.423. The molecule has 4 nitrogen and oxygen atoms in total. The smallest absolute Gasteiger partial charge is 0.276 e. The van der Waals surface area contributed by atoms with Gasteiger partial charge in [0.2, 0.25) is 0 Å². The second-order valence-corrected chi connectivity index (χ2v) is 3.36. The highest BCUT2D eigenvalue weighted by atomic mass is 32.1. The fourth-order valence-electron chi connectivity index (χ4n) is 0.752. The van der Waals surface area contributed by atoms with Crippen molar-refractivity contribution in [1.82, 2.24) is 10.6 Å². The third-order valence-corrected chi connectivity index (χ3v) is 1.48. The zero-order chi connectivity index (χ0) is 10.1. The number of rotatable bonds is 7. The van der Waals surface area contributed by atoms with Crippen molar-refractivity contribution < 1.29 is 9.53 Å². The van der Waals surface area contributed by atoms with Crippen LogP contribution >= 0.6 is 12.6 Å². The lowest BCUT2D eigenvalue weighted by molar-refractivity contribution is 0.138. The molecule has 0 saturated carbocycles. The van der Waals surface area contributed by atoms with Crippen LogP contribution < -0.4 is 10.6 Å². The average Bonchev–Trinajstić information content (AvgIpc) is 2.01. The van der Waals surface area contributed by atoms with E-state index in [0.29, 0.717) is 25.8 Å². The van der Waals surface area contributed by atoms with Crippen molar-refractivity contribution in [1.29, 1.82) is 0 Å². The largest absolute Gasteiger partial charge is 0.378 e. The normalized spacial score (nSPS) is 10.5. The average molecular weight is 206 g/mol. The SMILES string of the molecule is CC(C)NCCOCCNC(=O)S. The Morgan fingerprint density at radius 1 is 1.38 bits per heavy atom. The van der Waals surface area contributed by atoms with Crippen LogP contribution in [0.4, 0.5) is 4.79 Å². The summed E-state index contributed by atoms with van der Waals surface area (Å²) in [5.41, 5.74) is 0. The topological polar surface area (TPSA) is 50.4 Å². The minimum atomic E-state index is -0.316. The summed E-state index contributed by atoms with van der Waals surface area (Å²) >= 11 is 3.55. The van der Waals surface area contributed by atoms with Crippen LogP contribution in [0.15, 0.2) is 0 Å². The highest BCUT2D eigenvalue weighted by Gasteiger charge is 1.93. The first-order valence-electron chi connectivity index (χ1n) is 4.41. The van der Waals surface area contributed by atoms with Gasteiger partial charge in [0.25, 0.3) is 5.24 Å². The highest BCUT2D eigenvalue weighted by molar-refractivity contribution is 7.96. The summed E-state index contributed by atoms with van der Waals surface area (Å²) in [6.45, 7) is 6.73. The van der Waals surface area contributed by atoms with Gasteiger partial charge in [0, 0.05) is 19.1 Å². The van der Waals surface area contributed by atoms with Crippen LogP contribution in [0.1, 0.15) is 13.8 Å². The molecule has 0 atom stereocenters. The summed E-state index contributed by atoms with van der Waals surface area (Å²) in [6.07, 6.45) is 0. The second kappa shape index (κ2) is 8.34. The molecule has 0 aliphatic carbocycles. The highest BCUT2D eigenvalue weighted by Crippen LogP contribution is 1.78. The van der Waals surface area contributed by atoms with E-state index in [1.165, 1.54) is 0 Å². The van der Waals surface area contributed by atoms with Gasteiger partial charge in [0.1, 0.15) is 0 Å². The van der Waals surface area contributed by atoms with E-state index < -0.39 is 0 Å². The van der Waals surface area contributed by atoms with Crippen LogP contribution in [-0.2, 0) is 4.74 Å². The molecule has 0 spiro atoms. The van der Waals surface area contributed by atoms with Gasteiger partial charge in [-0.05, 0) is 0 Å². The van der Waals surface area contributed by atoms with E-state index in [4.69, 9.17) is 4.74 Å². The molecule has 78 valence electrons. The number of hydrogen-bond acceptors (Lipinski definition) is 3. The molecular formula is C8H18N2O2S. The summed E-state index contributed by atoms with van der Waals surface area (Å²) in [7, 11) is 0. The van der Waals surface area contributed by atoms with Crippen molar-refractivity contribution in [3.8, 4) is 0 Å². The van der Waals surface area contributed by atoms with Crippen molar-refractivity contribution in [2.45, 2.75) is 19.9 Å². The van der Waals surface area contributed by atoms with Gasteiger partial charge in [0.05, 0.1) is 13.2 Å². The molecule has 2 N–H and O–H groups in total. The van der Waals surface area contributed by atoms with Crippen LogP contribution in [0, 0.1) is 0 Å². The predicted molar refractivity (Wildman–Crippen MR) is 56.3 cm³/mol. The molecule has 0 unspecified atom stereocenters. The van der Waals surface area contributed by atoms with Gasteiger partial charge >= 0.3 is 0 Å². The molecule has 0 rings (SSSR count). The van der Waals surface area contributed by atoms with Gasteiger partial charge in [-0.2, -0.15) is 0 Å². The number of amides is 1. The van der Waals surface area contributed by atoms with Gasteiger partial charge < -0.3 is 15.4 Å². The maximum Gasteiger partial charge on any atom is 0.276 e. The monoisotopic (exact) mass is 206 g/mol. The second-order valence-electron chi connectivity index (χ2n) is 2.95. The first kappa shape index (κ1) is 12.7. The number of hydrogen-bond donors (Lipinski definition) is 3. The Hall–Kier alpha value is -0.260. The predicted octanol–water partition coefficient (Wildman–Crippen LogP) is 0.640. The summed E-state index contributed by atoms with van der Waals surface area (Å²) in [5.74, 6) is 0. The molecule has 1 amide bonds. The minimum absolute atomic E-state index is 0.316. The van der Waals surface area contributed by atoms with Gasteiger partial charge in [-0.25, -0.2) is 0 Å². The molecule has 0 aromatic rings. The van der Waals surface area contributed by atoms with Crippen LogP contribution in [0.2, 0.25) is 0 Å². The van der Waals surface area contributed by atoms with Gasteiger partial charge in [0.15, 0.2) is 0 Å². The molecule has 0 saturated heterocycles. The number of thiol groups is 1. The molecule has 13 heavy (non-hydrogen) atoms. The number of nitrogens with one attached hydrogen (secondary N) is 2. The molecule has 0 fully saturated rings. The van der Waals surface area contributed by atoms with E-state index in [2.05, 4.69) is 37.1 Å². The van der Waals surface area contributed by atoms with Crippen molar-refractivity contribution >= 4 is 17.9 Å². The molecule has 0 aromatic heterocycles. The van der Waals surface area contributed by atoms with E-state index in [0.717, 1.165) is 6.54 Å². The van der Waals surface area contributed by atoms with Gasteiger partial charge in [-0.15, -0.1) is 0 Å². The Balaban J connectivity index is 2.96. The van der Waals surface area contributed by atoms with Gasteiger partial charge in [-0.3, -0.25) is 4.79 Å². The third-order valence-electron chi connectivity index (χ3n) is 1.32.